The van der Waals surface area contributed by atoms with Gasteiger partial charge >= 0.3 is 0 Å². The lowest BCUT2D eigenvalue weighted by Crippen LogP contribution is -2.22. The Kier molecular flexibility index (Phi) is 4.44. The molecule has 0 fully saturated rings. The van der Waals surface area contributed by atoms with E-state index in [0.29, 0.717) is 16.3 Å². The molecule has 0 bridgehead atoms. The number of amides is 1. The highest BCUT2D eigenvalue weighted by Gasteiger charge is 2.10. The van der Waals surface area contributed by atoms with E-state index >= 15 is 0 Å². The molecule has 1 N–H and O–H groups in total. The summed E-state index contributed by atoms with van der Waals surface area (Å²) in [6, 6.07) is 16.8. The van der Waals surface area contributed by atoms with E-state index in [9.17, 15) is 4.79 Å². The van der Waals surface area contributed by atoms with Crippen LogP contribution in [0.2, 0.25) is 5.02 Å². The number of aryl methyl sites for hydroxylation is 1. The Labute approximate surface area is 139 Å². The summed E-state index contributed by atoms with van der Waals surface area (Å²) in [5, 5.41) is 7.36. The van der Waals surface area contributed by atoms with Crippen LogP contribution in [0.15, 0.2) is 59.1 Å². The first kappa shape index (κ1) is 15.3. The third-order valence-electron chi connectivity index (χ3n) is 3.36. The minimum atomic E-state index is -0.201. The largest absolute Gasteiger partial charge is 0.359 e. The van der Waals surface area contributed by atoms with Gasteiger partial charge < -0.3 is 9.84 Å². The highest BCUT2D eigenvalue weighted by molar-refractivity contribution is 6.31. The number of nitrogens with one attached hydrogen (secondary N) is 1. The number of rotatable bonds is 4. The molecule has 0 atom stereocenters. The normalized spacial score (nSPS) is 10.5. The number of hydrogen-bond donors (Lipinski definition) is 1. The molecular weight excluding hydrogens is 312 g/mol. The second-order valence-electron chi connectivity index (χ2n) is 5.24. The summed E-state index contributed by atoms with van der Waals surface area (Å²) >= 11 is 5.97. The van der Waals surface area contributed by atoms with Crippen LogP contribution in [0, 0.1) is 6.92 Å². The van der Waals surface area contributed by atoms with Gasteiger partial charge in [-0.2, -0.15) is 0 Å². The second-order valence-corrected chi connectivity index (χ2v) is 5.68. The molecule has 0 aliphatic heterocycles. The van der Waals surface area contributed by atoms with Crippen molar-refractivity contribution in [2.45, 2.75) is 13.5 Å². The highest BCUT2D eigenvalue weighted by Crippen LogP contribution is 2.19. The Morgan fingerprint density at radius 2 is 1.96 bits per heavy atom. The molecule has 0 spiro atoms. The van der Waals surface area contributed by atoms with Crippen molar-refractivity contribution in [1.29, 1.82) is 0 Å². The number of carbonyl (C=O) groups is 1. The number of aromatic nitrogens is 1. The third-order valence-corrected chi connectivity index (χ3v) is 3.57. The number of benzene rings is 2. The van der Waals surface area contributed by atoms with E-state index in [2.05, 4.69) is 10.5 Å². The summed E-state index contributed by atoms with van der Waals surface area (Å²) in [5.41, 5.74) is 3.18. The van der Waals surface area contributed by atoms with Crippen LogP contribution in [0.3, 0.4) is 0 Å². The Bertz CT molecular complexity index is 808. The summed E-state index contributed by atoms with van der Waals surface area (Å²) < 4.78 is 5.26. The van der Waals surface area contributed by atoms with E-state index in [0.717, 1.165) is 16.8 Å². The van der Waals surface area contributed by atoms with E-state index < -0.39 is 0 Å². The molecule has 2 aromatic carbocycles. The first-order valence-corrected chi connectivity index (χ1v) is 7.56. The van der Waals surface area contributed by atoms with Gasteiger partial charge in [-0.05, 0) is 30.7 Å². The van der Waals surface area contributed by atoms with Crippen LogP contribution in [-0.4, -0.2) is 11.1 Å². The zero-order valence-electron chi connectivity index (χ0n) is 12.5. The van der Waals surface area contributed by atoms with Crippen LogP contribution in [0.25, 0.3) is 11.3 Å². The molecule has 3 aromatic rings. The van der Waals surface area contributed by atoms with Crippen molar-refractivity contribution >= 4 is 17.5 Å². The molecule has 3 rings (SSSR count). The van der Waals surface area contributed by atoms with Crippen molar-refractivity contribution in [3.8, 4) is 11.3 Å². The maximum absolute atomic E-state index is 12.2. The van der Waals surface area contributed by atoms with Crippen molar-refractivity contribution in [3.63, 3.8) is 0 Å². The molecule has 0 saturated heterocycles. The third kappa shape index (κ3) is 3.79. The second kappa shape index (κ2) is 6.67. The van der Waals surface area contributed by atoms with Crippen LogP contribution in [0.4, 0.5) is 0 Å². The molecule has 0 saturated carbocycles. The lowest BCUT2D eigenvalue weighted by molar-refractivity contribution is 0.0947. The van der Waals surface area contributed by atoms with Crippen molar-refractivity contribution in [1.82, 2.24) is 10.5 Å². The van der Waals surface area contributed by atoms with E-state index in [1.165, 1.54) is 0 Å². The SMILES string of the molecule is Cc1cc(Cl)cc(C(=O)NCc2cc(-c3ccccc3)no2)c1. The van der Waals surface area contributed by atoms with Gasteiger partial charge in [-0.15, -0.1) is 0 Å². The topological polar surface area (TPSA) is 55.1 Å². The fourth-order valence-electron chi connectivity index (χ4n) is 2.28. The van der Waals surface area contributed by atoms with Gasteiger partial charge in [0, 0.05) is 22.2 Å². The van der Waals surface area contributed by atoms with Crippen molar-refractivity contribution in [2.24, 2.45) is 0 Å². The lowest BCUT2D eigenvalue weighted by atomic mass is 10.1. The van der Waals surface area contributed by atoms with Crippen LogP contribution in [0.1, 0.15) is 21.7 Å². The smallest absolute Gasteiger partial charge is 0.251 e. The molecule has 0 unspecified atom stereocenters. The molecule has 0 radical (unpaired) electrons. The van der Waals surface area contributed by atoms with Crippen LogP contribution in [0.5, 0.6) is 0 Å². The van der Waals surface area contributed by atoms with Gasteiger partial charge in [-0.25, -0.2) is 0 Å². The van der Waals surface area contributed by atoms with Crippen molar-refractivity contribution < 1.29 is 9.32 Å². The molecule has 5 heteroatoms. The predicted molar refractivity (Wildman–Crippen MR) is 89.3 cm³/mol. The molecule has 0 aliphatic rings. The van der Waals surface area contributed by atoms with Gasteiger partial charge in [0.25, 0.3) is 5.91 Å². The average molecular weight is 327 g/mol. The number of halogens is 1. The van der Waals surface area contributed by atoms with Crippen LogP contribution >= 0.6 is 11.6 Å². The Morgan fingerprint density at radius 1 is 1.17 bits per heavy atom. The van der Waals surface area contributed by atoms with E-state index in [4.69, 9.17) is 16.1 Å². The standard InChI is InChI=1S/C18H15ClN2O2/c1-12-7-14(9-15(19)8-12)18(22)20-11-16-10-17(21-23-16)13-5-3-2-4-6-13/h2-10H,11H2,1H3,(H,20,22). The molecule has 116 valence electrons. The summed E-state index contributed by atoms with van der Waals surface area (Å²) in [4.78, 5) is 12.2. The van der Waals surface area contributed by atoms with Crippen molar-refractivity contribution in [2.75, 3.05) is 0 Å². The first-order chi connectivity index (χ1) is 11.1. The zero-order valence-corrected chi connectivity index (χ0v) is 13.3. The summed E-state index contributed by atoms with van der Waals surface area (Å²) in [5.74, 6) is 0.393. The average Bonchev–Trinajstić information content (AvgIpc) is 3.01. The van der Waals surface area contributed by atoms with E-state index in [1.807, 2.05) is 43.3 Å². The predicted octanol–water partition coefficient (Wildman–Crippen LogP) is 4.23. The maximum atomic E-state index is 12.2. The molecule has 1 heterocycles. The molecular formula is C18H15ClN2O2. The summed E-state index contributed by atoms with van der Waals surface area (Å²) in [6.07, 6.45) is 0. The highest BCUT2D eigenvalue weighted by atomic mass is 35.5. The molecule has 1 aromatic heterocycles. The molecule has 0 aliphatic carbocycles. The maximum Gasteiger partial charge on any atom is 0.251 e. The van der Waals surface area contributed by atoms with Gasteiger partial charge in [0.2, 0.25) is 0 Å². The number of carbonyl (C=O) groups excluding carboxylic acids is 1. The van der Waals surface area contributed by atoms with Gasteiger partial charge in [0.05, 0.1) is 6.54 Å². The van der Waals surface area contributed by atoms with E-state index in [1.54, 1.807) is 18.2 Å². The molecule has 4 nitrogen and oxygen atoms in total. The minimum absolute atomic E-state index is 0.201. The Morgan fingerprint density at radius 3 is 2.70 bits per heavy atom. The van der Waals surface area contributed by atoms with Gasteiger partial charge in [0.15, 0.2) is 5.76 Å². The number of nitrogens with zero attached hydrogens (tertiary/aromatic N) is 1. The lowest BCUT2D eigenvalue weighted by Gasteiger charge is -2.04. The van der Waals surface area contributed by atoms with Crippen LogP contribution < -0.4 is 5.32 Å². The minimum Gasteiger partial charge on any atom is -0.359 e. The molecule has 1 amide bonds. The fraction of sp³-hybridized carbons (Fsp3) is 0.111. The first-order valence-electron chi connectivity index (χ1n) is 7.18. The van der Waals surface area contributed by atoms with E-state index in [-0.39, 0.29) is 12.5 Å². The zero-order chi connectivity index (χ0) is 16.2. The number of hydrogen-bond acceptors (Lipinski definition) is 3. The fourth-order valence-corrected chi connectivity index (χ4v) is 2.57. The summed E-state index contributed by atoms with van der Waals surface area (Å²) in [7, 11) is 0. The van der Waals surface area contributed by atoms with Crippen molar-refractivity contribution in [3.05, 3.63) is 76.5 Å². The van der Waals surface area contributed by atoms with Crippen LogP contribution in [-0.2, 0) is 6.54 Å². The van der Waals surface area contributed by atoms with Gasteiger partial charge in [-0.3, -0.25) is 4.79 Å². The Balaban J connectivity index is 1.67. The van der Waals surface area contributed by atoms with Gasteiger partial charge in [-0.1, -0.05) is 47.1 Å². The molecule has 23 heavy (non-hydrogen) atoms. The summed E-state index contributed by atoms with van der Waals surface area (Å²) in [6.45, 7) is 2.16. The monoisotopic (exact) mass is 326 g/mol. The van der Waals surface area contributed by atoms with Gasteiger partial charge in [0.1, 0.15) is 5.69 Å². The quantitative estimate of drug-likeness (QED) is 0.780. The Hall–Kier alpha value is -2.59.